The quantitative estimate of drug-likeness (QED) is 0.431. The maximum absolute atomic E-state index is 13.6. The van der Waals surface area contributed by atoms with E-state index in [1.807, 2.05) is 26.0 Å². The molecule has 0 aliphatic rings. The largest absolute Gasteiger partial charge is 0.271 e. The summed E-state index contributed by atoms with van der Waals surface area (Å²) in [5.41, 5.74) is 6.34. The van der Waals surface area contributed by atoms with Gasteiger partial charge in [-0.3, -0.25) is 9.10 Å². The Morgan fingerprint density at radius 1 is 1.03 bits per heavy atom. The Morgan fingerprint density at radius 3 is 2.34 bits per heavy atom. The fourth-order valence-corrected chi connectivity index (χ4v) is 3.89. The normalized spacial score (nSPS) is 11.5. The summed E-state index contributed by atoms with van der Waals surface area (Å²) in [7, 11) is -3.51. The fraction of sp³-hybridized carbons (Fsp3) is 0.167. The average molecular weight is 454 g/mol. The van der Waals surface area contributed by atoms with Crippen LogP contribution >= 0.6 is 0 Å². The van der Waals surface area contributed by atoms with Gasteiger partial charge in [0, 0.05) is 11.1 Å². The Kier molecular flexibility index (Phi) is 7.05. The molecule has 0 aliphatic carbocycles. The molecule has 32 heavy (non-hydrogen) atoms. The minimum Gasteiger partial charge on any atom is -0.267 e. The van der Waals surface area contributed by atoms with Gasteiger partial charge >= 0.3 is 0 Å². The number of rotatable bonds is 7. The van der Waals surface area contributed by atoms with Gasteiger partial charge in [-0.2, -0.15) is 5.10 Å². The summed E-state index contributed by atoms with van der Waals surface area (Å²) >= 11 is 0. The summed E-state index contributed by atoms with van der Waals surface area (Å²) in [5.74, 6) is -0.896. The van der Waals surface area contributed by atoms with Gasteiger partial charge in [0.15, 0.2) is 0 Å². The lowest BCUT2D eigenvalue weighted by Crippen LogP contribution is -2.29. The lowest BCUT2D eigenvalue weighted by Gasteiger charge is -2.23. The van der Waals surface area contributed by atoms with E-state index >= 15 is 0 Å². The number of amides is 1. The number of nitrogens with zero attached hydrogens (tertiary/aromatic N) is 2. The van der Waals surface area contributed by atoms with E-state index < -0.39 is 21.7 Å². The second kappa shape index (κ2) is 9.74. The van der Waals surface area contributed by atoms with Crippen molar-refractivity contribution in [2.45, 2.75) is 20.4 Å². The first-order chi connectivity index (χ1) is 15.1. The van der Waals surface area contributed by atoms with Gasteiger partial charge in [-0.1, -0.05) is 36.4 Å². The van der Waals surface area contributed by atoms with Gasteiger partial charge in [-0.25, -0.2) is 18.2 Å². The third-order valence-electron chi connectivity index (χ3n) is 5.00. The van der Waals surface area contributed by atoms with Crippen LogP contribution in [-0.2, 0) is 16.6 Å². The summed E-state index contributed by atoms with van der Waals surface area (Å²) in [4.78, 5) is 12.3. The summed E-state index contributed by atoms with van der Waals surface area (Å²) in [6.45, 7) is 4.03. The molecule has 166 valence electrons. The van der Waals surface area contributed by atoms with Crippen LogP contribution in [0.3, 0.4) is 0 Å². The first kappa shape index (κ1) is 23.1. The fourth-order valence-electron chi connectivity index (χ4n) is 3.01. The van der Waals surface area contributed by atoms with Gasteiger partial charge in [0.2, 0.25) is 10.0 Å². The molecule has 8 heteroatoms. The van der Waals surface area contributed by atoms with Crippen LogP contribution in [0.25, 0.3) is 0 Å². The third kappa shape index (κ3) is 5.79. The average Bonchev–Trinajstić information content (AvgIpc) is 2.75. The van der Waals surface area contributed by atoms with Crippen LogP contribution in [0, 0.1) is 19.7 Å². The number of hydrogen-bond donors (Lipinski definition) is 1. The van der Waals surface area contributed by atoms with E-state index in [1.54, 1.807) is 48.5 Å². The first-order valence-electron chi connectivity index (χ1n) is 9.87. The van der Waals surface area contributed by atoms with Crippen molar-refractivity contribution in [1.82, 2.24) is 5.43 Å². The van der Waals surface area contributed by atoms with Crippen molar-refractivity contribution in [3.8, 4) is 0 Å². The predicted octanol–water partition coefficient (Wildman–Crippen LogP) is 4.17. The number of hydrogen-bond acceptors (Lipinski definition) is 4. The number of hydrazone groups is 1. The van der Waals surface area contributed by atoms with Gasteiger partial charge in [0.05, 0.1) is 24.7 Å². The van der Waals surface area contributed by atoms with Gasteiger partial charge in [0.25, 0.3) is 5.91 Å². The molecule has 0 unspecified atom stereocenters. The third-order valence-corrected chi connectivity index (χ3v) is 6.14. The van der Waals surface area contributed by atoms with E-state index in [-0.39, 0.29) is 12.1 Å². The van der Waals surface area contributed by atoms with Crippen LogP contribution < -0.4 is 9.73 Å². The highest BCUT2D eigenvalue weighted by Gasteiger charge is 2.18. The number of anilines is 1. The van der Waals surface area contributed by atoms with Crippen LogP contribution in [0.1, 0.15) is 32.6 Å². The summed E-state index contributed by atoms with van der Waals surface area (Å²) in [6.07, 6.45) is 2.40. The Bertz CT molecular complexity index is 1260. The molecule has 0 atom stereocenters. The topological polar surface area (TPSA) is 78.8 Å². The molecule has 6 nitrogen and oxygen atoms in total. The van der Waals surface area contributed by atoms with Gasteiger partial charge in [-0.15, -0.1) is 0 Å². The monoisotopic (exact) mass is 453 g/mol. The standard InChI is InChI=1S/C24H24FN3O3S/c1-17-8-13-22(14-18(17)2)28(32(3,30)31)16-19-9-11-20(12-10-19)24(29)27-26-15-21-6-4-5-7-23(21)25/h4-15H,16H2,1-3H3,(H,27,29)/b26-15+. The lowest BCUT2D eigenvalue weighted by molar-refractivity contribution is 0.0955. The molecule has 1 N–H and O–H groups in total. The van der Waals surface area contributed by atoms with Crippen molar-refractivity contribution in [2.75, 3.05) is 10.6 Å². The maximum atomic E-state index is 13.6. The van der Waals surface area contributed by atoms with Crippen LogP contribution in [0.2, 0.25) is 0 Å². The highest BCUT2D eigenvalue weighted by atomic mass is 32.2. The molecule has 0 saturated heterocycles. The number of halogens is 1. The van der Waals surface area contributed by atoms with Crippen LogP contribution in [0.5, 0.6) is 0 Å². The molecule has 0 aromatic heterocycles. The van der Waals surface area contributed by atoms with E-state index in [0.717, 1.165) is 22.9 Å². The van der Waals surface area contributed by atoms with Crippen LogP contribution in [0.4, 0.5) is 10.1 Å². The number of benzene rings is 3. The van der Waals surface area contributed by atoms with E-state index in [4.69, 9.17) is 0 Å². The molecular formula is C24H24FN3O3S. The van der Waals surface area contributed by atoms with Crippen molar-refractivity contribution in [3.63, 3.8) is 0 Å². The maximum Gasteiger partial charge on any atom is 0.271 e. The molecule has 0 spiro atoms. The summed E-state index contributed by atoms with van der Waals surface area (Å²) in [5, 5.41) is 3.78. The number of nitrogens with one attached hydrogen (secondary N) is 1. The zero-order valence-electron chi connectivity index (χ0n) is 18.0. The highest BCUT2D eigenvalue weighted by Crippen LogP contribution is 2.23. The smallest absolute Gasteiger partial charge is 0.267 e. The SMILES string of the molecule is Cc1ccc(N(Cc2ccc(C(=O)N/N=C/c3ccccc3F)cc2)S(C)(=O)=O)cc1C. The molecular weight excluding hydrogens is 429 g/mol. The summed E-state index contributed by atoms with van der Waals surface area (Å²) < 4.78 is 39.7. The highest BCUT2D eigenvalue weighted by molar-refractivity contribution is 7.92. The molecule has 3 rings (SSSR count). The molecule has 0 bridgehead atoms. The Labute approximate surface area is 187 Å². The zero-order valence-corrected chi connectivity index (χ0v) is 18.9. The molecule has 3 aromatic carbocycles. The molecule has 3 aromatic rings. The first-order valence-corrected chi connectivity index (χ1v) is 11.7. The van der Waals surface area contributed by atoms with E-state index in [0.29, 0.717) is 11.3 Å². The Balaban J connectivity index is 1.71. The summed E-state index contributed by atoms with van der Waals surface area (Å²) in [6, 6.07) is 18.1. The van der Waals surface area contributed by atoms with Gasteiger partial charge in [0.1, 0.15) is 5.82 Å². The number of carbonyl (C=O) groups excluding carboxylic acids is 1. The van der Waals surface area contributed by atoms with Crippen molar-refractivity contribution in [3.05, 3.63) is 100 Å². The van der Waals surface area contributed by atoms with Crippen molar-refractivity contribution < 1.29 is 17.6 Å². The van der Waals surface area contributed by atoms with Crippen LogP contribution in [-0.4, -0.2) is 26.8 Å². The van der Waals surface area contributed by atoms with Gasteiger partial charge < -0.3 is 0 Å². The molecule has 1 amide bonds. The minimum absolute atomic E-state index is 0.134. The number of carbonyl (C=O) groups is 1. The second-order valence-corrected chi connectivity index (χ2v) is 9.36. The zero-order chi connectivity index (χ0) is 23.3. The predicted molar refractivity (Wildman–Crippen MR) is 125 cm³/mol. The van der Waals surface area contributed by atoms with Crippen molar-refractivity contribution in [1.29, 1.82) is 0 Å². The van der Waals surface area contributed by atoms with Crippen LogP contribution in [0.15, 0.2) is 71.8 Å². The second-order valence-electron chi connectivity index (χ2n) is 7.46. The Hall–Kier alpha value is -3.52. The van der Waals surface area contributed by atoms with Gasteiger partial charge in [-0.05, 0) is 60.9 Å². The lowest BCUT2D eigenvalue weighted by atomic mass is 10.1. The molecule has 0 aliphatic heterocycles. The van der Waals surface area contributed by atoms with E-state index in [9.17, 15) is 17.6 Å². The molecule has 0 fully saturated rings. The molecule has 0 saturated carbocycles. The van der Waals surface area contributed by atoms with Crippen molar-refractivity contribution >= 4 is 27.8 Å². The number of aryl methyl sites for hydroxylation is 2. The van der Waals surface area contributed by atoms with Crippen molar-refractivity contribution in [2.24, 2.45) is 5.10 Å². The van der Waals surface area contributed by atoms with E-state index in [2.05, 4.69) is 10.5 Å². The molecule has 0 heterocycles. The number of sulfonamides is 1. The molecule has 0 radical (unpaired) electrons. The van der Waals surface area contributed by atoms with E-state index in [1.165, 1.54) is 16.6 Å². The Morgan fingerprint density at radius 2 is 1.72 bits per heavy atom. The minimum atomic E-state index is -3.51.